The minimum Gasteiger partial charge on any atom is -0.380 e. The second-order valence-electron chi connectivity index (χ2n) is 8.14. The van der Waals surface area contributed by atoms with Crippen molar-refractivity contribution in [1.29, 1.82) is 0 Å². The summed E-state index contributed by atoms with van der Waals surface area (Å²) in [6, 6.07) is 18.4. The van der Waals surface area contributed by atoms with Crippen molar-refractivity contribution in [3.63, 3.8) is 0 Å². The van der Waals surface area contributed by atoms with Crippen molar-refractivity contribution in [3.05, 3.63) is 100 Å². The van der Waals surface area contributed by atoms with Crippen LogP contribution in [-0.4, -0.2) is 36.5 Å². The van der Waals surface area contributed by atoms with Gasteiger partial charge in [-0.2, -0.15) is 0 Å². The topological polar surface area (TPSA) is 80.3 Å². The zero-order valence-electron chi connectivity index (χ0n) is 19.4. The Kier molecular flexibility index (Phi) is 8.72. The van der Waals surface area contributed by atoms with Gasteiger partial charge < -0.3 is 15.4 Å². The van der Waals surface area contributed by atoms with Gasteiger partial charge in [0, 0.05) is 44.0 Å². The molecule has 0 saturated carbocycles. The number of hydrogen-bond donors (Lipinski definition) is 2. The van der Waals surface area contributed by atoms with Gasteiger partial charge in [0.1, 0.15) is 6.04 Å². The molecule has 2 aromatic carbocycles. The molecule has 0 radical (unpaired) electrons. The lowest BCUT2D eigenvalue weighted by Gasteiger charge is -2.19. The first-order chi connectivity index (χ1) is 16.0. The van der Waals surface area contributed by atoms with E-state index < -0.39 is 6.04 Å². The number of amides is 2. The summed E-state index contributed by atoms with van der Waals surface area (Å²) in [6.07, 6.45) is 2.74. The van der Waals surface area contributed by atoms with Crippen LogP contribution in [0.2, 0.25) is 0 Å². The molecule has 0 spiro atoms. The Balaban J connectivity index is 1.70. The van der Waals surface area contributed by atoms with Crippen LogP contribution in [0.4, 0.5) is 0 Å². The van der Waals surface area contributed by atoms with Crippen molar-refractivity contribution < 1.29 is 14.3 Å². The minimum atomic E-state index is -0.698. The van der Waals surface area contributed by atoms with Crippen LogP contribution in [0.5, 0.6) is 0 Å². The molecular weight excluding hydrogens is 414 g/mol. The molecule has 6 heteroatoms. The van der Waals surface area contributed by atoms with Gasteiger partial charge in [0.15, 0.2) is 0 Å². The van der Waals surface area contributed by atoms with Crippen molar-refractivity contribution in [3.8, 4) is 0 Å². The molecule has 33 heavy (non-hydrogen) atoms. The van der Waals surface area contributed by atoms with E-state index in [0.29, 0.717) is 31.6 Å². The maximum atomic E-state index is 13.0. The van der Waals surface area contributed by atoms with Crippen LogP contribution in [0.15, 0.2) is 66.9 Å². The molecule has 2 amide bonds. The van der Waals surface area contributed by atoms with Crippen LogP contribution >= 0.6 is 0 Å². The van der Waals surface area contributed by atoms with Crippen molar-refractivity contribution in [2.75, 3.05) is 13.7 Å². The molecule has 0 fully saturated rings. The van der Waals surface area contributed by atoms with E-state index in [0.717, 1.165) is 27.9 Å². The van der Waals surface area contributed by atoms with Gasteiger partial charge in [-0.1, -0.05) is 36.4 Å². The lowest BCUT2D eigenvalue weighted by Crippen LogP contribution is -2.48. The molecule has 1 heterocycles. The van der Waals surface area contributed by atoms with E-state index in [9.17, 15) is 9.59 Å². The molecule has 172 valence electrons. The molecule has 0 unspecified atom stereocenters. The van der Waals surface area contributed by atoms with Crippen molar-refractivity contribution in [1.82, 2.24) is 15.6 Å². The Bertz CT molecular complexity index is 1070. The molecule has 2 N–H and O–H groups in total. The predicted molar refractivity (Wildman–Crippen MR) is 129 cm³/mol. The third-order valence-electron chi connectivity index (χ3n) is 5.57. The summed E-state index contributed by atoms with van der Waals surface area (Å²) in [5.74, 6) is -0.483. The smallest absolute Gasteiger partial charge is 0.251 e. The van der Waals surface area contributed by atoms with Gasteiger partial charge in [0.25, 0.3) is 5.91 Å². The molecule has 0 aliphatic carbocycles. The fourth-order valence-corrected chi connectivity index (χ4v) is 3.49. The first kappa shape index (κ1) is 24.1. The molecule has 1 aromatic heterocycles. The fraction of sp³-hybridized carbons (Fsp3) is 0.296. The minimum absolute atomic E-state index is 0.218. The number of rotatable bonds is 10. The average Bonchev–Trinajstić information content (AvgIpc) is 2.82. The number of aromatic nitrogens is 1. The molecule has 3 aromatic rings. The van der Waals surface area contributed by atoms with Gasteiger partial charge in [0.2, 0.25) is 5.91 Å². The first-order valence-electron chi connectivity index (χ1n) is 11.1. The summed E-state index contributed by atoms with van der Waals surface area (Å²) in [4.78, 5) is 30.2. The monoisotopic (exact) mass is 445 g/mol. The average molecular weight is 446 g/mol. The van der Waals surface area contributed by atoms with Gasteiger partial charge >= 0.3 is 0 Å². The third kappa shape index (κ3) is 7.26. The Hall–Kier alpha value is -3.51. The number of hydrogen-bond acceptors (Lipinski definition) is 4. The largest absolute Gasteiger partial charge is 0.380 e. The van der Waals surface area contributed by atoms with Gasteiger partial charge in [0.05, 0.1) is 6.61 Å². The Morgan fingerprint density at radius 2 is 1.73 bits per heavy atom. The van der Waals surface area contributed by atoms with Crippen LogP contribution in [0.3, 0.4) is 0 Å². The maximum absolute atomic E-state index is 13.0. The molecule has 6 nitrogen and oxygen atoms in total. The van der Waals surface area contributed by atoms with Crippen molar-refractivity contribution in [2.24, 2.45) is 0 Å². The highest BCUT2D eigenvalue weighted by atomic mass is 16.5. The molecule has 0 saturated heterocycles. The SMILES string of the molecule is COCc1ccc(C[C@@H](NC(=O)c2ccc(C)c(C)c2)C(=O)NCCc2ccccn2)cc1. The molecular formula is C27H31N3O3. The quantitative estimate of drug-likeness (QED) is 0.500. The maximum Gasteiger partial charge on any atom is 0.251 e. The van der Waals surface area contributed by atoms with E-state index in [1.54, 1.807) is 19.4 Å². The van der Waals surface area contributed by atoms with Crippen LogP contribution in [0, 0.1) is 13.8 Å². The number of ether oxygens (including phenoxy) is 1. The number of carbonyl (C=O) groups is 2. The van der Waals surface area contributed by atoms with Crippen LogP contribution in [0.25, 0.3) is 0 Å². The summed E-state index contributed by atoms with van der Waals surface area (Å²) in [5, 5.41) is 5.87. The van der Waals surface area contributed by atoms with E-state index in [1.807, 2.05) is 68.4 Å². The van der Waals surface area contributed by atoms with Gasteiger partial charge in [-0.05, 0) is 60.4 Å². The summed E-state index contributed by atoms with van der Waals surface area (Å²) < 4.78 is 5.16. The van der Waals surface area contributed by atoms with Crippen LogP contribution < -0.4 is 10.6 Å². The van der Waals surface area contributed by atoms with Gasteiger partial charge in [-0.3, -0.25) is 14.6 Å². The zero-order chi connectivity index (χ0) is 23.6. The number of aryl methyl sites for hydroxylation is 2. The summed E-state index contributed by atoms with van der Waals surface area (Å²) >= 11 is 0. The number of methoxy groups -OCH3 is 1. The van der Waals surface area contributed by atoms with Gasteiger partial charge in [-0.15, -0.1) is 0 Å². The van der Waals surface area contributed by atoms with Crippen molar-refractivity contribution in [2.45, 2.75) is 39.3 Å². The highest BCUT2D eigenvalue weighted by Gasteiger charge is 2.22. The molecule has 0 aliphatic heterocycles. The van der Waals surface area contributed by atoms with E-state index in [1.165, 1.54) is 0 Å². The highest BCUT2D eigenvalue weighted by Crippen LogP contribution is 2.12. The van der Waals surface area contributed by atoms with Crippen LogP contribution in [-0.2, 0) is 29.0 Å². The van der Waals surface area contributed by atoms with Crippen molar-refractivity contribution >= 4 is 11.8 Å². The number of pyridine rings is 1. The Labute approximate surface area is 195 Å². The normalized spacial score (nSPS) is 11.6. The van der Waals surface area contributed by atoms with E-state index >= 15 is 0 Å². The van der Waals surface area contributed by atoms with E-state index in [4.69, 9.17) is 4.74 Å². The number of nitrogens with zero attached hydrogens (tertiary/aromatic N) is 1. The Morgan fingerprint density at radius 3 is 2.39 bits per heavy atom. The predicted octanol–water partition coefficient (Wildman–Crippen LogP) is 3.54. The highest BCUT2D eigenvalue weighted by molar-refractivity contribution is 5.97. The lowest BCUT2D eigenvalue weighted by atomic mass is 10.0. The summed E-state index contributed by atoms with van der Waals surface area (Å²) in [5.41, 5.74) is 5.61. The second kappa shape index (κ2) is 11.9. The number of nitrogens with one attached hydrogen (secondary N) is 2. The zero-order valence-corrected chi connectivity index (χ0v) is 19.4. The number of carbonyl (C=O) groups excluding carboxylic acids is 2. The summed E-state index contributed by atoms with van der Waals surface area (Å²) in [6.45, 7) is 4.94. The molecule has 3 rings (SSSR count). The van der Waals surface area contributed by atoms with E-state index in [2.05, 4.69) is 15.6 Å². The standard InChI is InChI=1S/C27H31N3O3/c1-19-7-12-23(16-20(19)2)26(31)30-25(17-21-8-10-22(11-9-21)18-33-3)27(32)29-15-13-24-6-4-5-14-28-24/h4-12,14,16,25H,13,15,17-18H2,1-3H3,(H,29,32)(H,30,31)/t25-/m1/s1. The first-order valence-corrected chi connectivity index (χ1v) is 11.1. The van der Waals surface area contributed by atoms with Gasteiger partial charge in [-0.25, -0.2) is 0 Å². The second-order valence-corrected chi connectivity index (χ2v) is 8.14. The molecule has 0 aliphatic rings. The molecule has 0 bridgehead atoms. The van der Waals surface area contributed by atoms with E-state index in [-0.39, 0.29) is 11.8 Å². The lowest BCUT2D eigenvalue weighted by molar-refractivity contribution is -0.122. The number of benzene rings is 2. The van der Waals surface area contributed by atoms with Crippen LogP contribution in [0.1, 0.15) is 38.3 Å². The third-order valence-corrected chi connectivity index (χ3v) is 5.57. The molecule has 1 atom stereocenters. The Morgan fingerprint density at radius 1 is 0.970 bits per heavy atom. The fourth-order valence-electron chi connectivity index (χ4n) is 3.49. The summed E-state index contributed by atoms with van der Waals surface area (Å²) in [7, 11) is 1.65.